The number of nitrogens with two attached hydrogens (primary N) is 1. The van der Waals surface area contributed by atoms with E-state index < -0.39 is 17.9 Å². The predicted molar refractivity (Wildman–Crippen MR) is 80.4 cm³/mol. The maximum Gasteiger partial charge on any atom is 0.573 e. The Labute approximate surface area is 126 Å². The van der Waals surface area contributed by atoms with Gasteiger partial charge in [0.1, 0.15) is 0 Å². The summed E-state index contributed by atoms with van der Waals surface area (Å²) in [7, 11) is 0. The van der Waals surface area contributed by atoms with Crippen LogP contribution in [0.15, 0.2) is 24.3 Å². The van der Waals surface area contributed by atoms with E-state index in [1.807, 2.05) is 13.8 Å². The first kappa shape index (κ1) is 18.1. The number of fused-ring (bicyclic) bond motifs is 1. The van der Waals surface area contributed by atoms with Gasteiger partial charge in [0.05, 0.1) is 0 Å². The number of anilines is 1. The molecule has 0 aromatic heterocycles. The highest BCUT2D eigenvalue weighted by atomic mass is 19.4. The molecule has 0 aliphatic heterocycles. The van der Waals surface area contributed by atoms with E-state index in [-0.39, 0.29) is 11.3 Å². The fourth-order valence-corrected chi connectivity index (χ4v) is 2.13. The van der Waals surface area contributed by atoms with Crippen LogP contribution in [0.3, 0.4) is 0 Å². The van der Waals surface area contributed by atoms with Crippen molar-refractivity contribution in [2.24, 2.45) is 0 Å². The second kappa shape index (κ2) is 6.85. The van der Waals surface area contributed by atoms with Crippen LogP contribution in [0.25, 0.3) is 10.8 Å². The van der Waals surface area contributed by atoms with Gasteiger partial charge in [-0.25, -0.2) is 4.39 Å². The maximum atomic E-state index is 13.7. The summed E-state index contributed by atoms with van der Waals surface area (Å²) in [5.74, 6) is -1.99. The van der Waals surface area contributed by atoms with E-state index in [1.165, 1.54) is 18.2 Å². The molecule has 6 heteroatoms. The van der Waals surface area contributed by atoms with Crippen molar-refractivity contribution in [3.05, 3.63) is 35.6 Å². The Morgan fingerprint density at radius 3 is 2.18 bits per heavy atom. The summed E-state index contributed by atoms with van der Waals surface area (Å²) in [6.45, 7) is 7.58. The highest BCUT2D eigenvalue weighted by Gasteiger charge is 2.33. The Bertz CT molecular complexity index is 651. The fourth-order valence-electron chi connectivity index (χ4n) is 2.13. The Balaban J connectivity index is 0.00000116. The predicted octanol–water partition coefficient (Wildman–Crippen LogP) is 5.61. The average molecular weight is 317 g/mol. The van der Waals surface area contributed by atoms with Crippen molar-refractivity contribution in [1.82, 2.24) is 0 Å². The molecule has 0 atom stereocenters. The first-order valence-electron chi connectivity index (χ1n) is 6.96. The Morgan fingerprint density at radius 1 is 1.09 bits per heavy atom. The lowest BCUT2D eigenvalue weighted by Gasteiger charge is -2.17. The topological polar surface area (TPSA) is 35.2 Å². The Morgan fingerprint density at radius 2 is 1.68 bits per heavy atom. The molecule has 0 aliphatic rings. The molecule has 2 nitrogen and oxygen atoms in total. The van der Waals surface area contributed by atoms with Crippen molar-refractivity contribution in [3.8, 4) is 5.75 Å². The second-order valence-electron chi connectivity index (χ2n) is 4.79. The highest BCUT2D eigenvalue weighted by Crippen LogP contribution is 2.39. The van der Waals surface area contributed by atoms with Crippen LogP contribution in [0.1, 0.15) is 39.2 Å². The van der Waals surface area contributed by atoms with Gasteiger partial charge in [0, 0.05) is 11.1 Å². The third-order valence-corrected chi connectivity index (χ3v) is 2.91. The third-order valence-electron chi connectivity index (χ3n) is 2.91. The van der Waals surface area contributed by atoms with Crippen LogP contribution in [0, 0.1) is 5.82 Å². The molecule has 22 heavy (non-hydrogen) atoms. The number of hydrogen-bond donors (Lipinski definition) is 1. The van der Waals surface area contributed by atoms with Gasteiger partial charge in [0.2, 0.25) is 0 Å². The Hall–Kier alpha value is -1.98. The SMILES string of the molecule is CC.CC(C)c1cc(N)cc2ccc(F)c(OC(F)(F)F)c12. The number of rotatable bonds is 2. The van der Waals surface area contributed by atoms with Crippen molar-refractivity contribution in [3.63, 3.8) is 0 Å². The zero-order chi connectivity index (χ0) is 17.1. The molecule has 2 N–H and O–H groups in total. The quantitative estimate of drug-likeness (QED) is 0.577. The molecule has 0 aliphatic carbocycles. The van der Waals surface area contributed by atoms with Crippen LogP contribution in [0.4, 0.5) is 23.2 Å². The smallest absolute Gasteiger partial charge is 0.402 e. The van der Waals surface area contributed by atoms with Crippen molar-refractivity contribution in [2.45, 2.75) is 40.0 Å². The minimum absolute atomic E-state index is 0.103. The average Bonchev–Trinajstić information content (AvgIpc) is 2.42. The van der Waals surface area contributed by atoms with Gasteiger partial charge in [-0.2, -0.15) is 0 Å². The van der Waals surface area contributed by atoms with Gasteiger partial charge >= 0.3 is 6.36 Å². The standard InChI is InChI=1S/C14H13F4NO.C2H6/c1-7(2)10-6-9(19)5-8-3-4-11(15)13(12(8)10)20-14(16,17)18;1-2/h3-7H,19H2,1-2H3;1-2H3. The number of alkyl halides is 3. The summed E-state index contributed by atoms with van der Waals surface area (Å²) in [5, 5.41) is 0.515. The largest absolute Gasteiger partial charge is 0.573 e. The molecule has 0 heterocycles. The van der Waals surface area contributed by atoms with Gasteiger partial charge in [-0.15, -0.1) is 13.2 Å². The van der Waals surface area contributed by atoms with Crippen LogP contribution >= 0.6 is 0 Å². The molecule has 2 rings (SSSR count). The van der Waals surface area contributed by atoms with Crippen molar-refractivity contribution in [1.29, 1.82) is 0 Å². The number of hydrogen-bond acceptors (Lipinski definition) is 2. The van der Waals surface area contributed by atoms with Gasteiger partial charge in [-0.3, -0.25) is 0 Å². The second-order valence-corrected chi connectivity index (χ2v) is 4.79. The lowest BCUT2D eigenvalue weighted by atomic mass is 9.94. The molecule has 0 spiro atoms. The van der Waals surface area contributed by atoms with E-state index in [9.17, 15) is 17.6 Å². The molecule has 0 saturated heterocycles. The van der Waals surface area contributed by atoms with Gasteiger partial charge < -0.3 is 10.5 Å². The summed E-state index contributed by atoms with van der Waals surface area (Å²) in [5.41, 5.74) is 6.64. The van der Waals surface area contributed by atoms with Crippen LogP contribution < -0.4 is 10.5 Å². The highest BCUT2D eigenvalue weighted by molar-refractivity contribution is 5.94. The molecule has 0 bridgehead atoms. The van der Waals surface area contributed by atoms with Crippen LogP contribution in [0.5, 0.6) is 5.75 Å². The summed E-state index contributed by atoms with van der Waals surface area (Å²) in [4.78, 5) is 0. The van der Waals surface area contributed by atoms with Gasteiger partial charge in [-0.1, -0.05) is 33.8 Å². The number of benzene rings is 2. The summed E-state index contributed by atoms with van der Waals surface area (Å²) >= 11 is 0. The zero-order valence-corrected chi connectivity index (χ0v) is 12.9. The van der Waals surface area contributed by atoms with E-state index in [1.54, 1.807) is 13.8 Å². The molecule has 0 unspecified atom stereocenters. The fraction of sp³-hybridized carbons (Fsp3) is 0.375. The summed E-state index contributed by atoms with van der Waals surface area (Å²) in [6, 6.07) is 5.35. The molecular weight excluding hydrogens is 298 g/mol. The molecule has 0 fully saturated rings. The zero-order valence-electron chi connectivity index (χ0n) is 12.9. The van der Waals surface area contributed by atoms with E-state index in [0.717, 1.165) is 6.07 Å². The third kappa shape index (κ3) is 4.02. The molecule has 0 amide bonds. The van der Waals surface area contributed by atoms with E-state index in [2.05, 4.69) is 4.74 Å². The van der Waals surface area contributed by atoms with Gasteiger partial charge in [0.25, 0.3) is 0 Å². The molecule has 2 aromatic rings. The van der Waals surface area contributed by atoms with Gasteiger partial charge in [-0.05, 0) is 35.1 Å². The minimum atomic E-state index is -4.95. The van der Waals surface area contributed by atoms with Crippen molar-refractivity contribution >= 4 is 16.5 Å². The lowest BCUT2D eigenvalue weighted by Crippen LogP contribution is -2.18. The minimum Gasteiger partial charge on any atom is -0.402 e. The number of ether oxygens (including phenoxy) is 1. The van der Waals surface area contributed by atoms with Crippen LogP contribution in [0.2, 0.25) is 0 Å². The maximum absolute atomic E-state index is 13.7. The molecule has 0 saturated carbocycles. The molecule has 0 radical (unpaired) electrons. The summed E-state index contributed by atoms with van der Waals surface area (Å²) < 4.78 is 54.9. The van der Waals surface area contributed by atoms with Gasteiger partial charge in [0.15, 0.2) is 11.6 Å². The first-order chi connectivity index (χ1) is 10.2. The number of nitrogen functional groups attached to an aromatic ring is 1. The summed E-state index contributed by atoms with van der Waals surface area (Å²) in [6.07, 6.45) is -4.95. The molecule has 122 valence electrons. The molecule has 2 aromatic carbocycles. The van der Waals surface area contributed by atoms with E-state index >= 15 is 0 Å². The van der Waals surface area contributed by atoms with Crippen LogP contribution in [-0.2, 0) is 0 Å². The van der Waals surface area contributed by atoms with E-state index in [0.29, 0.717) is 16.6 Å². The molecular formula is C16H19F4NO. The van der Waals surface area contributed by atoms with Crippen molar-refractivity contribution < 1.29 is 22.3 Å². The number of halogens is 4. The van der Waals surface area contributed by atoms with Crippen molar-refractivity contribution in [2.75, 3.05) is 5.73 Å². The normalized spacial score (nSPS) is 11.3. The first-order valence-corrected chi connectivity index (χ1v) is 6.96. The lowest BCUT2D eigenvalue weighted by molar-refractivity contribution is -0.275. The van der Waals surface area contributed by atoms with Crippen LogP contribution in [-0.4, -0.2) is 6.36 Å². The monoisotopic (exact) mass is 317 g/mol. The van der Waals surface area contributed by atoms with E-state index in [4.69, 9.17) is 5.73 Å². The Kier molecular flexibility index (Phi) is 5.63.